The minimum Gasteiger partial charge on any atom is -0.337 e. The maximum atomic E-state index is 13.3. The van der Waals surface area contributed by atoms with Gasteiger partial charge in [-0.15, -0.1) is 0 Å². The fraction of sp³-hybridized carbons (Fsp3) is 0.185. The second kappa shape index (κ2) is 13.0. The van der Waals surface area contributed by atoms with E-state index in [0.717, 1.165) is 24.6 Å². The molecular weight excluding hydrogens is 574 g/mol. The van der Waals surface area contributed by atoms with Crippen LogP contribution in [0.3, 0.4) is 0 Å². The highest BCUT2D eigenvalue weighted by Crippen LogP contribution is 2.23. The van der Waals surface area contributed by atoms with Crippen LogP contribution in [-0.2, 0) is 14.8 Å². The van der Waals surface area contributed by atoms with Crippen LogP contribution in [0.15, 0.2) is 87.6 Å². The molecule has 0 radical (unpaired) electrons. The van der Waals surface area contributed by atoms with Gasteiger partial charge in [-0.05, 0) is 67.1 Å². The van der Waals surface area contributed by atoms with Gasteiger partial charge >= 0.3 is 6.03 Å². The van der Waals surface area contributed by atoms with Crippen LogP contribution in [0.4, 0.5) is 10.5 Å². The molecule has 0 saturated heterocycles. The number of hydrogen-bond acceptors (Lipinski definition) is 7. The highest BCUT2D eigenvalue weighted by atomic mass is 35.5. The molecule has 10 nitrogen and oxygen atoms in total. The molecule has 0 aliphatic heterocycles. The smallest absolute Gasteiger partial charge is 0.328 e. The quantitative estimate of drug-likeness (QED) is 0.138. The Morgan fingerprint density at radius 2 is 1.70 bits per heavy atom. The molecule has 40 heavy (non-hydrogen) atoms. The normalized spacial score (nSPS) is 11.2. The van der Waals surface area contributed by atoms with E-state index in [0.29, 0.717) is 39.0 Å². The van der Waals surface area contributed by atoms with Gasteiger partial charge in [0.1, 0.15) is 0 Å². The molecule has 0 bridgehead atoms. The van der Waals surface area contributed by atoms with Gasteiger partial charge in [0.15, 0.2) is 5.16 Å². The molecule has 1 heterocycles. The van der Waals surface area contributed by atoms with Crippen molar-refractivity contribution in [2.75, 3.05) is 17.6 Å². The van der Waals surface area contributed by atoms with Crippen LogP contribution in [0.2, 0.25) is 5.02 Å². The van der Waals surface area contributed by atoms with Crippen LogP contribution in [0.25, 0.3) is 16.6 Å². The molecule has 1 aromatic heterocycles. The number of sulfonamides is 1. The summed E-state index contributed by atoms with van der Waals surface area (Å²) < 4.78 is 28.3. The first-order valence-electron chi connectivity index (χ1n) is 12.3. The number of anilines is 1. The lowest BCUT2D eigenvalue weighted by molar-refractivity contribution is -0.113. The summed E-state index contributed by atoms with van der Waals surface area (Å²) in [6, 6.07) is 18.3. The number of urea groups is 1. The monoisotopic (exact) mass is 599 g/mol. The Kier molecular flexibility index (Phi) is 9.46. The summed E-state index contributed by atoms with van der Waals surface area (Å²) in [5.41, 5.74) is 1.14. The molecular formula is C27H26ClN5O5S2. The Bertz CT molecular complexity index is 1690. The van der Waals surface area contributed by atoms with Gasteiger partial charge < -0.3 is 10.6 Å². The van der Waals surface area contributed by atoms with Crippen LogP contribution in [-0.4, -0.2) is 42.2 Å². The standard InChI is InChI=1S/C27H26ClN5O5S2/c1-2-3-16-29-26(36)32-40(37,38)21-14-10-19(11-15-21)30-24(34)17-39-27-31-23-7-5-4-6-22(23)25(35)33(27)20-12-8-18(28)9-13-20/h4-15H,2-3,16-17H2,1H3,(H,30,34)(H2,29,32,36). The van der Waals surface area contributed by atoms with E-state index in [4.69, 9.17) is 11.6 Å². The van der Waals surface area contributed by atoms with Gasteiger partial charge in [0, 0.05) is 17.3 Å². The van der Waals surface area contributed by atoms with Gasteiger partial charge in [0.25, 0.3) is 15.6 Å². The first-order valence-corrected chi connectivity index (χ1v) is 15.1. The zero-order valence-corrected chi connectivity index (χ0v) is 23.8. The molecule has 4 rings (SSSR count). The largest absolute Gasteiger partial charge is 0.337 e. The lowest BCUT2D eigenvalue weighted by Crippen LogP contribution is -2.39. The van der Waals surface area contributed by atoms with E-state index >= 15 is 0 Å². The second-order valence-corrected chi connectivity index (χ2v) is 11.7. The van der Waals surface area contributed by atoms with Gasteiger partial charge in [-0.3, -0.25) is 14.2 Å². The number of hydrogen-bond donors (Lipinski definition) is 3. The molecule has 0 aliphatic carbocycles. The number of aromatic nitrogens is 2. The maximum absolute atomic E-state index is 13.3. The number of halogens is 1. The van der Waals surface area contributed by atoms with Crippen molar-refractivity contribution in [3.63, 3.8) is 0 Å². The fourth-order valence-electron chi connectivity index (χ4n) is 3.67. The molecule has 0 saturated carbocycles. The average molecular weight is 600 g/mol. The van der Waals surface area contributed by atoms with Crippen molar-refractivity contribution in [2.24, 2.45) is 0 Å². The Hall–Kier alpha value is -3.87. The van der Waals surface area contributed by atoms with Crippen molar-refractivity contribution in [1.29, 1.82) is 0 Å². The number of benzene rings is 3. The lowest BCUT2D eigenvalue weighted by atomic mass is 10.2. The maximum Gasteiger partial charge on any atom is 0.328 e. The summed E-state index contributed by atoms with van der Waals surface area (Å²) in [6.07, 6.45) is 1.59. The summed E-state index contributed by atoms with van der Waals surface area (Å²) in [5.74, 6) is -0.461. The van der Waals surface area contributed by atoms with Gasteiger partial charge in [-0.2, -0.15) is 0 Å². The van der Waals surface area contributed by atoms with Crippen LogP contribution < -0.4 is 20.9 Å². The van der Waals surface area contributed by atoms with E-state index in [1.54, 1.807) is 48.5 Å². The number of para-hydroxylation sites is 1. The highest BCUT2D eigenvalue weighted by molar-refractivity contribution is 7.99. The van der Waals surface area contributed by atoms with Crippen LogP contribution >= 0.6 is 23.4 Å². The van der Waals surface area contributed by atoms with Crippen molar-refractivity contribution in [2.45, 2.75) is 29.8 Å². The Labute approximate surface area is 240 Å². The lowest BCUT2D eigenvalue weighted by Gasteiger charge is -2.13. The number of thioether (sulfide) groups is 1. The Balaban J connectivity index is 1.45. The summed E-state index contributed by atoms with van der Waals surface area (Å²) in [7, 11) is -4.07. The first-order chi connectivity index (χ1) is 19.2. The predicted molar refractivity (Wildman–Crippen MR) is 157 cm³/mol. The van der Waals surface area contributed by atoms with E-state index in [2.05, 4.69) is 15.6 Å². The Morgan fingerprint density at radius 3 is 2.40 bits per heavy atom. The van der Waals surface area contributed by atoms with Gasteiger partial charge in [-0.25, -0.2) is 22.9 Å². The number of carbonyl (C=O) groups is 2. The van der Waals surface area contributed by atoms with Gasteiger partial charge in [-0.1, -0.05) is 48.8 Å². The molecule has 208 valence electrons. The molecule has 0 unspecified atom stereocenters. The molecule has 3 aromatic carbocycles. The van der Waals surface area contributed by atoms with Crippen LogP contribution in [0, 0.1) is 0 Å². The number of amides is 3. The van der Waals surface area contributed by atoms with Crippen molar-refractivity contribution >= 4 is 61.9 Å². The van der Waals surface area contributed by atoms with Crippen LogP contribution in [0.1, 0.15) is 19.8 Å². The number of rotatable bonds is 10. The third-order valence-corrected chi connectivity index (χ3v) is 8.19. The molecule has 0 spiro atoms. The molecule has 0 fully saturated rings. The minimum atomic E-state index is -4.07. The molecule has 3 amide bonds. The van der Waals surface area contributed by atoms with Crippen LogP contribution in [0.5, 0.6) is 0 Å². The SMILES string of the molecule is CCCCNC(=O)NS(=O)(=O)c1ccc(NC(=O)CSc2nc3ccccc3c(=O)n2-c2ccc(Cl)cc2)cc1. The van der Waals surface area contributed by atoms with Crippen molar-refractivity contribution < 1.29 is 18.0 Å². The third kappa shape index (κ3) is 7.20. The number of fused-ring (bicyclic) bond motifs is 1. The van der Waals surface area contributed by atoms with Crippen molar-refractivity contribution in [1.82, 2.24) is 19.6 Å². The highest BCUT2D eigenvalue weighted by Gasteiger charge is 2.18. The number of nitrogens with one attached hydrogen (secondary N) is 3. The second-order valence-electron chi connectivity index (χ2n) is 8.60. The number of unbranched alkanes of at least 4 members (excludes halogenated alkanes) is 1. The molecule has 0 aliphatic rings. The Morgan fingerprint density at radius 1 is 1.00 bits per heavy atom. The zero-order chi connectivity index (χ0) is 28.7. The third-order valence-electron chi connectivity index (χ3n) is 5.65. The molecule has 3 N–H and O–H groups in total. The van der Waals surface area contributed by atoms with Gasteiger partial charge in [0.2, 0.25) is 5.91 Å². The predicted octanol–water partition coefficient (Wildman–Crippen LogP) is 4.56. The number of nitrogens with zero attached hydrogens (tertiary/aromatic N) is 2. The first kappa shape index (κ1) is 29.1. The van der Waals surface area contributed by atoms with E-state index in [-0.39, 0.29) is 22.1 Å². The molecule has 13 heteroatoms. The van der Waals surface area contributed by atoms with E-state index in [1.165, 1.54) is 28.8 Å². The van der Waals surface area contributed by atoms with E-state index < -0.39 is 16.1 Å². The topological polar surface area (TPSA) is 139 Å². The molecule has 0 atom stereocenters. The molecule has 4 aromatic rings. The average Bonchev–Trinajstić information content (AvgIpc) is 2.93. The summed E-state index contributed by atoms with van der Waals surface area (Å²) >= 11 is 7.10. The van der Waals surface area contributed by atoms with Gasteiger partial charge in [0.05, 0.1) is 27.2 Å². The summed E-state index contributed by atoms with van der Waals surface area (Å²) in [5, 5.41) is 6.46. The minimum absolute atomic E-state index is 0.0715. The van der Waals surface area contributed by atoms with E-state index in [9.17, 15) is 22.8 Å². The zero-order valence-electron chi connectivity index (χ0n) is 21.4. The number of carbonyl (C=O) groups excluding carboxylic acids is 2. The summed E-state index contributed by atoms with van der Waals surface area (Å²) in [4.78, 5) is 42.4. The van der Waals surface area contributed by atoms with Crippen molar-refractivity contribution in [3.8, 4) is 5.69 Å². The van der Waals surface area contributed by atoms with Crippen molar-refractivity contribution in [3.05, 3.63) is 88.2 Å². The fourth-order valence-corrected chi connectivity index (χ4v) is 5.53. The van der Waals surface area contributed by atoms with E-state index in [1.807, 2.05) is 11.6 Å². The summed E-state index contributed by atoms with van der Waals surface area (Å²) in [6.45, 7) is 2.32.